The van der Waals surface area contributed by atoms with Crippen LogP contribution in [0.15, 0.2) is 16.7 Å². The second-order valence-corrected chi connectivity index (χ2v) is 6.52. The van der Waals surface area contributed by atoms with Crippen molar-refractivity contribution < 1.29 is 4.79 Å². The van der Waals surface area contributed by atoms with Crippen molar-refractivity contribution in [3.63, 3.8) is 0 Å². The molecule has 2 saturated heterocycles. The molecule has 2 aliphatic heterocycles. The van der Waals surface area contributed by atoms with Gasteiger partial charge in [0.1, 0.15) is 5.69 Å². The first kappa shape index (κ1) is 13.2. The number of nitrogens with one attached hydrogen (secondary N) is 2. The van der Waals surface area contributed by atoms with Crippen LogP contribution in [0.25, 0.3) is 0 Å². The standard InChI is InChI=1S/C14H20BrN3O/c1-2-18-8-9(15)5-13(18)14(19)17-12-6-10-3-4-11(7-12)16-10/h5,8,10-12,16H,2-4,6-7H2,1H3,(H,17,19). The van der Waals surface area contributed by atoms with E-state index < -0.39 is 0 Å². The van der Waals surface area contributed by atoms with Crippen molar-refractivity contribution >= 4 is 21.8 Å². The van der Waals surface area contributed by atoms with E-state index in [9.17, 15) is 4.79 Å². The summed E-state index contributed by atoms with van der Waals surface area (Å²) in [7, 11) is 0. The van der Waals surface area contributed by atoms with Crippen molar-refractivity contribution in [2.75, 3.05) is 0 Å². The van der Waals surface area contributed by atoms with Crippen molar-refractivity contribution in [3.05, 3.63) is 22.4 Å². The largest absolute Gasteiger partial charge is 0.348 e. The zero-order chi connectivity index (χ0) is 13.4. The molecule has 4 nitrogen and oxygen atoms in total. The number of carbonyl (C=O) groups is 1. The molecule has 2 N–H and O–H groups in total. The van der Waals surface area contributed by atoms with Crippen molar-refractivity contribution in [1.29, 1.82) is 0 Å². The number of aromatic nitrogens is 1. The highest BCUT2D eigenvalue weighted by Crippen LogP contribution is 2.27. The van der Waals surface area contributed by atoms with Gasteiger partial charge in [0.15, 0.2) is 0 Å². The molecule has 3 rings (SSSR count). The second-order valence-electron chi connectivity index (χ2n) is 5.61. The van der Waals surface area contributed by atoms with Gasteiger partial charge in [-0.3, -0.25) is 4.79 Å². The Morgan fingerprint density at radius 3 is 2.79 bits per heavy atom. The summed E-state index contributed by atoms with van der Waals surface area (Å²) in [5, 5.41) is 6.80. The third kappa shape index (κ3) is 2.72. The van der Waals surface area contributed by atoms with Gasteiger partial charge in [-0.15, -0.1) is 0 Å². The van der Waals surface area contributed by atoms with Crippen molar-refractivity contribution in [2.24, 2.45) is 0 Å². The summed E-state index contributed by atoms with van der Waals surface area (Å²) in [6.07, 6.45) is 6.61. The van der Waals surface area contributed by atoms with Crippen molar-refractivity contribution in [2.45, 2.75) is 57.3 Å². The summed E-state index contributed by atoms with van der Waals surface area (Å²) >= 11 is 3.44. The van der Waals surface area contributed by atoms with Gasteiger partial charge in [0, 0.05) is 35.3 Å². The van der Waals surface area contributed by atoms with Crippen molar-refractivity contribution in [1.82, 2.24) is 15.2 Å². The maximum absolute atomic E-state index is 12.4. The highest BCUT2D eigenvalue weighted by atomic mass is 79.9. The first-order valence-corrected chi connectivity index (χ1v) is 7.87. The van der Waals surface area contributed by atoms with E-state index in [1.165, 1.54) is 12.8 Å². The van der Waals surface area contributed by atoms with Crippen LogP contribution in [-0.2, 0) is 6.54 Å². The van der Waals surface area contributed by atoms with Crippen LogP contribution in [0.5, 0.6) is 0 Å². The summed E-state index contributed by atoms with van der Waals surface area (Å²) in [5.41, 5.74) is 0.750. The number of halogens is 1. The van der Waals surface area contributed by atoms with E-state index in [2.05, 4.69) is 26.6 Å². The molecule has 5 heteroatoms. The molecule has 0 saturated carbocycles. The quantitative estimate of drug-likeness (QED) is 0.895. The zero-order valence-electron chi connectivity index (χ0n) is 11.2. The molecule has 1 aromatic heterocycles. The molecule has 1 aromatic rings. The molecule has 2 fully saturated rings. The second kappa shape index (κ2) is 5.29. The van der Waals surface area contributed by atoms with Gasteiger partial charge in [-0.1, -0.05) is 0 Å². The average molecular weight is 326 g/mol. The molecular formula is C14H20BrN3O. The maximum atomic E-state index is 12.4. The number of rotatable bonds is 3. The predicted molar refractivity (Wildman–Crippen MR) is 78.2 cm³/mol. The van der Waals surface area contributed by atoms with E-state index in [-0.39, 0.29) is 5.91 Å². The summed E-state index contributed by atoms with van der Waals surface area (Å²) in [5.74, 6) is 0.0545. The lowest BCUT2D eigenvalue weighted by Crippen LogP contribution is -2.48. The minimum atomic E-state index is 0.0545. The van der Waals surface area contributed by atoms with Crippen LogP contribution in [-0.4, -0.2) is 28.6 Å². The molecule has 2 unspecified atom stereocenters. The Kier molecular flexibility index (Phi) is 3.67. The molecule has 2 aliphatic rings. The number of hydrogen-bond donors (Lipinski definition) is 2. The van der Waals surface area contributed by atoms with Gasteiger partial charge in [0.25, 0.3) is 5.91 Å². The van der Waals surface area contributed by atoms with Crippen molar-refractivity contribution in [3.8, 4) is 0 Å². The Morgan fingerprint density at radius 2 is 2.16 bits per heavy atom. The highest BCUT2D eigenvalue weighted by Gasteiger charge is 2.34. The van der Waals surface area contributed by atoms with Gasteiger partial charge >= 0.3 is 0 Å². The number of carbonyl (C=O) groups excluding carboxylic acids is 1. The molecule has 104 valence electrons. The minimum absolute atomic E-state index is 0.0545. The SMILES string of the molecule is CCn1cc(Br)cc1C(=O)NC1CC2CCC(C1)N2. The molecule has 0 spiro atoms. The number of fused-ring (bicyclic) bond motifs is 2. The van der Waals surface area contributed by atoms with E-state index in [0.717, 1.165) is 29.6 Å². The van der Waals surface area contributed by atoms with Gasteiger partial charge in [-0.05, 0) is 54.6 Å². The lowest BCUT2D eigenvalue weighted by molar-refractivity contribution is 0.0914. The van der Waals surface area contributed by atoms with Crippen LogP contribution in [0.1, 0.15) is 43.1 Å². The van der Waals surface area contributed by atoms with E-state index in [0.29, 0.717) is 18.1 Å². The van der Waals surface area contributed by atoms with E-state index in [1.54, 1.807) is 0 Å². The van der Waals surface area contributed by atoms with Crippen LogP contribution >= 0.6 is 15.9 Å². The van der Waals surface area contributed by atoms with Gasteiger partial charge in [0.05, 0.1) is 0 Å². The number of hydrogen-bond acceptors (Lipinski definition) is 2. The normalized spacial score (nSPS) is 29.5. The Labute approximate surface area is 122 Å². The Bertz CT molecular complexity index is 473. The fourth-order valence-corrected chi connectivity index (χ4v) is 3.83. The van der Waals surface area contributed by atoms with Crippen LogP contribution in [0.4, 0.5) is 0 Å². The highest BCUT2D eigenvalue weighted by molar-refractivity contribution is 9.10. The molecule has 0 radical (unpaired) electrons. The first-order valence-electron chi connectivity index (χ1n) is 7.08. The molecule has 0 aliphatic carbocycles. The fourth-order valence-electron chi connectivity index (χ4n) is 3.36. The summed E-state index contributed by atoms with van der Waals surface area (Å²) in [6, 6.07) is 3.43. The predicted octanol–water partition coefficient (Wildman–Crippen LogP) is 2.28. The average Bonchev–Trinajstić information content (AvgIpc) is 2.92. The topological polar surface area (TPSA) is 46.1 Å². The van der Waals surface area contributed by atoms with Crippen LogP contribution < -0.4 is 10.6 Å². The molecule has 2 bridgehead atoms. The maximum Gasteiger partial charge on any atom is 0.268 e. The lowest BCUT2D eigenvalue weighted by Gasteiger charge is -2.29. The molecule has 0 aromatic carbocycles. The number of amides is 1. The number of piperidine rings is 1. The molecular weight excluding hydrogens is 306 g/mol. The molecule has 2 atom stereocenters. The van der Waals surface area contributed by atoms with Gasteiger partial charge in [-0.25, -0.2) is 0 Å². The summed E-state index contributed by atoms with van der Waals surface area (Å²) in [4.78, 5) is 12.4. The van der Waals surface area contributed by atoms with Crippen LogP contribution in [0.2, 0.25) is 0 Å². The smallest absolute Gasteiger partial charge is 0.268 e. The minimum Gasteiger partial charge on any atom is -0.348 e. The third-order valence-corrected chi connectivity index (χ3v) is 4.68. The Balaban J connectivity index is 1.67. The van der Waals surface area contributed by atoms with E-state index in [1.807, 2.05) is 23.8 Å². The zero-order valence-corrected chi connectivity index (χ0v) is 12.7. The fraction of sp³-hybridized carbons (Fsp3) is 0.643. The Morgan fingerprint density at radius 1 is 1.47 bits per heavy atom. The monoisotopic (exact) mass is 325 g/mol. The van der Waals surface area contributed by atoms with Gasteiger partial charge in [-0.2, -0.15) is 0 Å². The number of aryl methyl sites for hydroxylation is 1. The van der Waals surface area contributed by atoms with Crippen LogP contribution in [0, 0.1) is 0 Å². The van der Waals surface area contributed by atoms with E-state index >= 15 is 0 Å². The van der Waals surface area contributed by atoms with E-state index in [4.69, 9.17) is 0 Å². The summed E-state index contributed by atoms with van der Waals surface area (Å²) in [6.45, 7) is 2.86. The van der Waals surface area contributed by atoms with Gasteiger partial charge in [0.2, 0.25) is 0 Å². The first-order chi connectivity index (χ1) is 9.15. The third-order valence-electron chi connectivity index (χ3n) is 4.24. The van der Waals surface area contributed by atoms with Crippen LogP contribution in [0.3, 0.4) is 0 Å². The molecule has 1 amide bonds. The lowest BCUT2D eigenvalue weighted by atomic mass is 10.00. The summed E-state index contributed by atoms with van der Waals surface area (Å²) < 4.78 is 2.94. The Hall–Kier alpha value is -0.810. The molecule has 19 heavy (non-hydrogen) atoms. The number of nitrogens with zero attached hydrogens (tertiary/aromatic N) is 1. The molecule has 3 heterocycles. The van der Waals surface area contributed by atoms with Gasteiger partial charge < -0.3 is 15.2 Å².